The van der Waals surface area contributed by atoms with Crippen molar-refractivity contribution >= 4 is 5.78 Å². The van der Waals surface area contributed by atoms with Crippen molar-refractivity contribution in [1.29, 1.82) is 0 Å². The summed E-state index contributed by atoms with van der Waals surface area (Å²) in [5.41, 5.74) is 1.64. The van der Waals surface area contributed by atoms with Crippen LogP contribution in [-0.4, -0.2) is 36.1 Å². The Morgan fingerprint density at radius 2 is 1.37 bits per heavy atom. The Morgan fingerprint density at radius 1 is 0.889 bits per heavy atom. The van der Waals surface area contributed by atoms with E-state index in [0.29, 0.717) is 28.3 Å². The smallest absolute Gasteiger partial charge is 0.458 e. The summed E-state index contributed by atoms with van der Waals surface area (Å²) in [4.78, 5) is 18.1. The fourth-order valence-corrected chi connectivity index (χ4v) is 2.54. The number of rotatable bonds is 5. The summed E-state index contributed by atoms with van der Waals surface area (Å²) >= 11 is 0. The number of alkyl halides is 3. The zero-order valence-corrected chi connectivity index (χ0v) is 14.4. The molecule has 3 aromatic rings. The fourth-order valence-electron chi connectivity index (χ4n) is 2.54. The van der Waals surface area contributed by atoms with Crippen LogP contribution in [0.2, 0.25) is 0 Å². The van der Waals surface area contributed by atoms with Crippen molar-refractivity contribution in [2.75, 3.05) is 14.2 Å². The zero-order chi connectivity index (χ0) is 19.6. The van der Waals surface area contributed by atoms with E-state index in [2.05, 4.69) is 9.97 Å². The third-order valence-corrected chi connectivity index (χ3v) is 3.92. The summed E-state index contributed by atoms with van der Waals surface area (Å²) in [6, 6.07) is 13.3. The highest BCUT2D eigenvalue weighted by Gasteiger charge is 2.41. The molecular weight excluding hydrogens is 361 g/mol. The van der Waals surface area contributed by atoms with Gasteiger partial charge in [-0.3, -0.25) is 4.79 Å². The first-order chi connectivity index (χ1) is 12.8. The number of carbonyl (C=O) groups is 1. The molecule has 27 heavy (non-hydrogen) atoms. The molecule has 0 radical (unpaired) electrons. The summed E-state index contributed by atoms with van der Waals surface area (Å²) < 4.78 is 48.7. The second-order valence-corrected chi connectivity index (χ2v) is 5.59. The van der Waals surface area contributed by atoms with Crippen LogP contribution >= 0.6 is 0 Å². The van der Waals surface area contributed by atoms with Gasteiger partial charge in [-0.1, -0.05) is 0 Å². The largest absolute Gasteiger partial charge is 0.497 e. The first kappa shape index (κ1) is 18.5. The fraction of sp³-hybridized carbons (Fsp3) is 0.158. The quantitative estimate of drug-likeness (QED) is 0.666. The molecule has 0 aliphatic heterocycles. The first-order valence-corrected chi connectivity index (χ1v) is 7.84. The topological polar surface area (TPSA) is 64.2 Å². The van der Waals surface area contributed by atoms with Gasteiger partial charge in [-0.05, 0) is 48.5 Å². The van der Waals surface area contributed by atoms with Crippen LogP contribution in [0.5, 0.6) is 11.5 Å². The van der Waals surface area contributed by atoms with E-state index >= 15 is 0 Å². The number of hydrogen-bond acceptors (Lipinski definition) is 4. The van der Waals surface area contributed by atoms with Crippen molar-refractivity contribution in [3.63, 3.8) is 0 Å². The van der Waals surface area contributed by atoms with Crippen LogP contribution in [0, 0.1) is 0 Å². The van der Waals surface area contributed by atoms with Gasteiger partial charge >= 0.3 is 12.0 Å². The minimum atomic E-state index is -5.02. The van der Waals surface area contributed by atoms with E-state index in [1.807, 2.05) is 0 Å². The van der Waals surface area contributed by atoms with Crippen molar-refractivity contribution in [2.24, 2.45) is 0 Å². The average Bonchev–Trinajstić information content (AvgIpc) is 3.12. The summed E-state index contributed by atoms with van der Waals surface area (Å²) in [5, 5.41) is 0. The predicted molar refractivity (Wildman–Crippen MR) is 92.9 cm³/mol. The molecule has 2 aromatic carbocycles. The molecule has 0 aliphatic rings. The van der Waals surface area contributed by atoms with Gasteiger partial charge in [0.1, 0.15) is 11.5 Å². The average molecular weight is 376 g/mol. The molecule has 1 heterocycles. The second-order valence-electron chi connectivity index (χ2n) is 5.59. The van der Waals surface area contributed by atoms with Gasteiger partial charge in [0.15, 0.2) is 5.82 Å². The number of benzene rings is 2. The monoisotopic (exact) mass is 376 g/mol. The maximum atomic E-state index is 12.8. The van der Waals surface area contributed by atoms with Crippen LogP contribution in [0.25, 0.3) is 22.5 Å². The number of methoxy groups -OCH3 is 2. The summed E-state index contributed by atoms with van der Waals surface area (Å²) in [7, 11) is 3.01. The maximum absolute atomic E-state index is 12.8. The third kappa shape index (κ3) is 3.79. The van der Waals surface area contributed by atoms with Crippen LogP contribution in [0.1, 0.15) is 10.6 Å². The van der Waals surface area contributed by atoms with Gasteiger partial charge in [0, 0.05) is 11.1 Å². The second kappa shape index (κ2) is 7.14. The molecule has 0 fully saturated rings. The molecule has 0 atom stereocenters. The molecule has 0 saturated carbocycles. The van der Waals surface area contributed by atoms with Crippen LogP contribution in [0.3, 0.4) is 0 Å². The van der Waals surface area contributed by atoms with Gasteiger partial charge in [-0.15, -0.1) is 0 Å². The number of aromatic nitrogens is 2. The molecule has 0 amide bonds. The van der Waals surface area contributed by atoms with Gasteiger partial charge in [-0.2, -0.15) is 13.2 Å². The molecule has 0 saturated heterocycles. The SMILES string of the molecule is COc1ccc(-c2nc(C(=O)C(F)(F)F)[nH]c2-c2ccc(OC)cc2)cc1. The number of H-pyrrole nitrogens is 1. The van der Waals surface area contributed by atoms with E-state index in [0.717, 1.165) is 0 Å². The number of imidazole rings is 1. The highest BCUT2D eigenvalue weighted by Crippen LogP contribution is 2.33. The molecule has 0 spiro atoms. The van der Waals surface area contributed by atoms with E-state index in [-0.39, 0.29) is 5.69 Å². The highest BCUT2D eigenvalue weighted by molar-refractivity contribution is 5.99. The standard InChI is InChI=1S/C19H15F3N2O3/c1-26-13-7-3-11(4-8-13)15-16(12-5-9-14(27-2)10-6-12)24-18(23-15)17(25)19(20,21)22/h3-10H,1-2H3,(H,23,24). The molecule has 1 N–H and O–H groups in total. The first-order valence-electron chi connectivity index (χ1n) is 7.84. The zero-order valence-electron chi connectivity index (χ0n) is 14.4. The summed E-state index contributed by atoms with van der Waals surface area (Å²) in [5.74, 6) is -1.61. The third-order valence-electron chi connectivity index (χ3n) is 3.92. The van der Waals surface area contributed by atoms with Gasteiger partial charge < -0.3 is 14.5 Å². The van der Waals surface area contributed by atoms with Crippen LogP contribution in [-0.2, 0) is 0 Å². The number of hydrogen-bond donors (Lipinski definition) is 1. The maximum Gasteiger partial charge on any atom is 0.458 e. The number of nitrogens with one attached hydrogen (secondary N) is 1. The van der Waals surface area contributed by atoms with Gasteiger partial charge in [0.25, 0.3) is 0 Å². The van der Waals surface area contributed by atoms with E-state index in [1.165, 1.54) is 14.2 Å². The predicted octanol–water partition coefficient (Wildman–Crippen LogP) is 4.51. The number of carbonyl (C=O) groups excluding carboxylic acids is 1. The summed E-state index contributed by atoms with van der Waals surface area (Å²) in [6.07, 6.45) is -5.02. The van der Waals surface area contributed by atoms with E-state index < -0.39 is 17.8 Å². The molecule has 3 rings (SSSR count). The van der Waals surface area contributed by atoms with Crippen LogP contribution in [0.15, 0.2) is 48.5 Å². The molecular formula is C19H15F3N2O3. The minimum Gasteiger partial charge on any atom is -0.497 e. The number of ketones is 1. The Balaban J connectivity index is 2.13. The van der Waals surface area contributed by atoms with Crippen molar-refractivity contribution in [3.05, 3.63) is 54.4 Å². The molecule has 5 nitrogen and oxygen atoms in total. The van der Waals surface area contributed by atoms with Gasteiger partial charge in [0.2, 0.25) is 0 Å². The molecule has 0 unspecified atom stereocenters. The minimum absolute atomic E-state index is 0.232. The molecule has 8 heteroatoms. The van der Waals surface area contributed by atoms with Crippen molar-refractivity contribution in [1.82, 2.24) is 9.97 Å². The Bertz CT molecular complexity index is 881. The summed E-state index contributed by atoms with van der Waals surface area (Å²) in [6.45, 7) is 0. The van der Waals surface area contributed by atoms with Crippen LogP contribution in [0.4, 0.5) is 13.2 Å². The van der Waals surface area contributed by atoms with Crippen LogP contribution < -0.4 is 9.47 Å². The number of halogens is 3. The number of aromatic amines is 1. The number of ether oxygens (including phenoxy) is 2. The van der Waals surface area contributed by atoms with E-state index in [9.17, 15) is 18.0 Å². The van der Waals surface area contributed by atoms with Gasteiger partial charge in [-0.25, -0.2) is 4.98 Å². The van der Waals surface area contributed by atoms with E-state index in [1.54, 1.807) is 48.5 Å². The van der Waals surface area contributed by atoms with Crippen molar-refractivity contribution in [3.8, 4) is 34.0 Å². The number of nitrogens with zero attached hydrogens (tertiary/aromatic N) is 1. The van der Waals surface area contributed by atoms with E-state index in [4.69, 9.17) is 9.47 Å². The molecule has 0 bridgehead atoms. The Kier molecular flexibility index (Phi) is 4.89. The van der Waals surface area contributed by atoms with Crippen molar-refractivity contribution < 1.29 is 27.4 Å². The highest BCUT2D eigenvalue weighted by atomic mass is 19.4. The lowest BCUT2D eigenvalue weighted by Gasteiger charge is -2.06. The lowest BCUT2D eigenvalue weighted by atomic mass is 10.0. The normalized spacial score (nSPS) is 11.3. The molecule has 140 valence electrons. The number of Topliss-reactive ketones (excluding diaryl/α,β-unsaturated/α-hetero) is 1. The lowest BCUT2D eigenvalue weighted by Crippen LogP contribution is -2.23. The lowest BCUT2D eigenvalue weighted by molar-refractivity contribution is -0.0890. The Hall–Kier alpha value is -3.29. The van der Waals surface area contributed by atoms with Gasteiger partial charge in [0.05, 0.1) is 25.6 Å². The molecule has 0 aliphatic carbocycles. The Morgan fingerprint density at radius 3 is 1.81 bits per heavy atom. The Labute approximate surface area is 152 Å². The van der Waals surface area contributed by atoms with Crippen molar-refractivity contribution in [2.45, 2.75) is 6.18 Å². The molecule has 1 aromatic heterocycles.